The predicted molar refractivity (Wildman–Crippen MR) is 151 cm³/mol. The van der Waals surface area contributed by atoms with E-state index in [1.807, 2.05) is 0 Å². The van der Waals surface area contributed by atoms with Gasteiger partial charge in [0.25, 0.3) is 11.5 Å². The number of halogens is 2. The van der Waals surface area contributed by atoms with Gasteiger partial charge in [0.15, 0.2) is 0 Å². The van der Waals surface area contributed by atoms with Gasteiger partial charge in [-0.15, -0.1) is 0 Å². The second-order valence-electron chi connectivity index (χ2n) is 9.44. The van der Waals surface area contributed by atoms with Gasteiger partial charge in [-0.25, -0.2) is 23.5 Å². The molecule has 41 heavy (non-hydrogen) atoms. The minimum atomic E-state index is -1.27. The summed E-state index contributed by atoms with van der Waals surface area (Å²) in [7, 11) is 1.48. The standard InChI is InChI=1S/C29H23ClFN5O5/c1-16-4-3-5-20(30)25(16)26(37)33-22(28(39)40)12-17-6-8-18(9-7-17)36-27(38)19-13-21(31)24(35-11-10-32-15-35)14-23(19)34(2)29(36)41/h3-11,13-15,22H,12H2,1-2H3,(H,33,37)(H,39,40)/t22-/m0/s1. The molecule has 0 unspecified atom stereocenters. The van der Waals surface area contributed by atoms with Crippen molar-refractivity contribution in [3.63, 3.8) is 0 Å². The minimum Gasteiger partial charge on any atom is -0.480 e. The minimum absolute atomic E-state index is 0.000983. The van der Waals surface area contributed by atoms with Crippen molar-refractivity contribution in [3.05, 3.63) is 122 Å². The number of benzene rings is 3. The number of aryl methyl sites for hydroxylation is 2. The molecule has 10 nitrogen and oxygen atoms in total. The lowest BCUT2D eigenvalue weighted by atomic mass is 10.0. The topological polar surface area (TPSA) is 128 Å². The molecule has 0 spiro atoms. The van der Waals surface area contributed by atoms with Crippen molar-refractivity contribution in [3.8, 4) is 11.4 Å². The summed E-state index contributed by atoms with van der Waals surface area (Å²) < 4.78 is 18.5. The van der Waals surface area contributed by atoms with Crippen molar-refractivity contribution in [1.82, 2.24) is 24.0 Å². The molecule has 208 valence electrons. The first kappa shape index (κ1) is 27.5. The van der Waals surface area contributed by atoms with Crippen LogP contribution in [0, 0.1) is 12.7 Å². The second-order valence-corrected chi connectivity index (χ2v) is 9.85. The summed E-state index contributed by atoms with van der Waals surface area (Å²) in [6.45, 7) is 1.70. The van der Waals surface area contributed by atoms with Gasteiger partial charge in [-0.2, -0.15) is 0 Å². The lowest BCUT2D eigenvalue weighted by molar-refractivity contribution is -0.139. The van der Waals surface area contributed by atoms with Crippen LogP contribution in [0.3, 0.4) is 0 Å². The summed E-state index contributed by atoms with van der Waals surface area (Å²) in [5, 5.41) is 12.4. The smallest absolute Gasteiger partial charge is 0.335 e. The zero-order valence-corrected chi connectivity index (χ0v) is 22.6. The van der Waals surface area contributed by atoms with E-state index in [0.717, 1.165) is 10.6 Å². The third-order valence-electron chi connectivity index (χ3n) is 6.81. The molecular weight excluding hydrogens is 553 g/mol. The van der Waals surface area contributed by atoms with E-state index in [1.165, 1.54) is 46.9 Å². The molecule has 1 amide bonds. The molecule has 0 aliphatic carbocycles. The molecule has 3 aromatic carbocycles. The lowest BCUT2D eigenvalue weighted by Crippen LogP contribution is -2.42. The highest BCUT2D eigenvalue weighted by molar-refractivity contribution is 6.34. The van der Waals surface area contributed by atoms with E-state index >= 15 is 0 Å². The highest BCUT2D eigenvalue weighted by Gasteiger charge is 2.24. The van der Waals surface area contributed by atoms with Crippen molar-refractivity contribution < 1.29 is 19.1 Å². The van der Waals surface area contributed by atoms with Crippen molar-refractivity contribution in [1.29, 1.82) is 0 Å². The lowest BCUT2D eigenvalue weighted by Gasteiger charge is -2.17. The van der Waals surface area contributed by atoms with Crippen LogP contribution in [-0.2, 0) is 18.3 Å². The second kappa shape index (κ2) is 10.9. The van der Waals surface area contributed by atoms with Crippen LogP contribution in [0.25, 0.3) is 22.3 Å². The Morgan fingerprint density at radius 2 is 1.85 bits per heavy atom. The van der Waals surface area contributed by atoms with Gasteiger partial charge in [-0.05, 0) is 48.4 Å². The first-order chi connectivity index (χ1) is 19.6. The summed E-state index contributed by atoms with van der Waals surface area (Å²) in [5.41, 5.74) is 0.548. The molecule has 0 radical (unpaired) electrons. The van der Waals surface area contributed by atoms with Crippen molar-refractivity contribution in [2.24, 2.45) is 7.05 Å². The highest BCUT2D eigenvalue weighted by Crippen LogP contribution is 2.21. The van der Waals surface area contributed by atoms with Gasteiger partial charge in [-0.3, -0.25) is 14.2 Å². The number of carboxylic acid groups (broad SMARTS) is 1. The number of fused-ring (bicyclic) bond motifs is 1. The molecule has 0 bridgehead atoms. The molecule has 0 fully saturated rings. The zero-order chi connectivity index (χ0) is 29.4. The third kappa shape index (κ3) is 5.14. The number of carboxylic acids is 1. The van der Waals surface area contributed by atoms with Crippen LogP contribution >= 0.6 is 11.6 Å². The number of amides is 1. The van der Waals surface area contributed by atoms with Crippen LogP contribution in [0.4, 0.5) is 4.39 Å². The Balaban J connectivity index is 1.45. The number of hydrogen-bond donors (Lipinski definition) is 2. The molecular formula is C29H23ClFN5O5. The highest BCUT2D eigenvalue weighted by atomic mass is 35.5. The molecule has 5 aromatic rings. The number of rotatable bonds is 7. The van der Waals surface area contributed by atoms with E-state index in [0.29, 0.717) is 11.1 Å². The summed E-state index contributed by atoms with van der Waals surface area (Å²) in [4.78, 5) is 55.2. The van der Waals surface area contributed by atoms with Gasteiger partial charge in [0.05, 0.1) is 39.2 Å². The molecule has 12 heteroatoms. The van der Waals surface area contributed by atoms with Crippen LogP contribution < -0.4 is 16.6 Å². The molecule has 0 aliphatic heterocycles. The van der Waals surface area contributed by atoms with Crippen LogP contribution in [0.15, 0.2) is 82.9 Å². The first-order valence-electron chi connectivity index (χ1n) is 12.4. The number of imidazole rings is 1. The maximum absolute atomic E-state index is 14.9. The van der Waals surface area contributed by atoms with Gasteiger partial charge >= 0.3 is 11.7 Å². The normalized spacial score (nSPS) is 11.9. The number of nitrogens with one attached hydrogen (secondary N) is 1. The largest absolute Gasteiger partial charge is 0.480 e. The van der Waals surface area contributed by atoms with Gasteiger partial charge < -0.3 is 15.0 Å². The molecule has 0 aliphatic rings. The molecule has 1 atom stereocenters. The molecule has 0 saturated carbocycles. The van der Waals surface area contributed by atoms with E-state index < -0.39 is 35.0 Å². The van der Waals surface area contributed by atoms with Crippen LogP contribution in [0.2, 0.25) is 5.02 Å². The van der Waals surface area contributed by atoms with Crippen molar-refractivity contribution in [2.45, 2.75) is 19.4 Å². The Morgan fingerprint density at radius 3 is 2.49 bits per heavy atom. The number of hydrogen-bond acceptors (Lipinski definition) is 5. The van der Waals surface area contributed by atoms with E-state index in [2.05, 4.69) is 10.3 Å². The monoisotopic (exact) mass is 575 g/mol. The Bertz CT molecular complexity index is 1910. The average Bonchev–Trinajstić information content (AvgIpc) is 3.47. The zero-order valence-electron chi connectivity index (χ0n) is 21.8. The van der Waals surface area contributed by atoms with E-state index in [1.54, 1.807) is 43.5 Å². The van der Waals surface area contributed by atoms with Crippen molar-refractivity contribution >= 4 is 34.4 Å². The Kier molecular flexibility index (Phi) is 7.29. The van der Waals surface area contributed by atoms with E-state index in [-0.39, 0.29) is 39.3 Å². The Hall–Kier alpha value is -5.03. The van der Waals surface area contributed by atoms with Crippen LogP contribution in [0.5, 0.6) is 0 Å². The summed E-state index contributed by atoms with van der Waals surface area (Å²) >= 11 is 6.15. The van der Waals surface area contributed by atoms with Gasteiger partial charge in [-0.1, -0.05) is 35.9 Å². The van der Waals surface area contributed by atoms with E-state index in [9.17, 15) is 28.7 Å². The average molecular weight is 576 g/mol. The molecule has 2 heterocycles. The van der Waals surface area contributed by atoms with Gasteiger partial charge in [0.2, 0.25) is 0 Å². The quantitative estimate of drug-likeness (QED) is 0.306. The number of aromatic nitrogens is 4. The SMILES string of the molecule is Cc1cccc(Cl)c1C(=O)N[C@@H](Cc1ccc(-n2c(=O)c3cc(F)c(-n4ccnc4)cc3n(C)c2=O)cc1)C(=O)O. The summed E-state index contributed by atoms with van der Waals surface area (Å²) in [6, 6.07) is 12.2. The molecule has 2 aromatic heterocycles. The fourth-order valence-electron chi connectivity index (χ4n) is 4.65. The number of aliphatic carboxylic acids is 1. The third-order valence-corrected chi connectivity index (χ3v) is 7.12. The van der Waals surface area contributed by atoms with Crippen molar-refractivity contribution in [2.75, 3.05) is 0 Å². The molecule has 5 rings (SSSR count). The molecule has 0 saturated heterocycles. The van der Waals surface area contributed by atoms with Gasteiger partial charge in [0.1, 0.15) is 11.9 Å². The number of carbonyl (C=O) groups is 2. The maximum Gasteiger partial charge on any atom is 0.335 e. The fraction of sp³-hybridized carbons (Fsp3) is 0.138. The summed E-state index contributed by atoms with van der Waals surface area (Å²) in [6.07, 6.45) is 4.36. The van der Waals surface area contributed by atoms with Crippen LogP contribution in [0.1, 0.15) is 21.5 Å². The van der Waals surface area contributed by atoms with Gasteiger partial charge in [0, 0.05) is 25.9 Å². The first-order valence-corrected chi connectivity index (χ1v) is 12.8. The Morgan fingerprint density at radius 1 is 1.12 bits per heavy atom. The molecule has 2 N–H and O–H groups in total. The summed E-state index contributed by atoms with van der Waals surface area (Å²) in [5.74, 6) is -2.53. The number of nitrogens with zero attached hydrogens (tertiary/aromatic N) is 4. The predicted octanol–water partition coefficient (Wildman–Crippen LogP) is 3.40. The number of carbonyl (C=O) groups excluding carboxylic acids is 1. The maximum atomic E-state index is 14.9. The Labute approximate surface area is 236 Å². The fourth-order valence-corrected chi connectivity index (χ4v) is 4.96. The van der Waals surface area contributed by atoms with E-state index in [4.69, 9.17) is 11.6 Å². The van der Waals surface area contributed by atoms with Crippen LogP contribution in [-0.4, -0.2) is 41.7 Å².